The Hall–Kier alpha value is -1.73. The van der Waals surface area contributed by atoms with E-state index in [2.05, 4.69) is 11.0 Å². The number of anilines is 1. The highest BCUT2D eigenvalue weighted by Crippen LogP contribution is 2.33. The predicted octanol–water partition coefficient (Wildman–Crippen LogP) is 4.44. The maximum Gasteiger partial charge on any atom is 0.101 e. The van der Waals surface area contributed by atoms with Gasteiger partial charge in [0.1, 0.15) is 12.2 Å². The summed E-state index contributed by atoms with van der Waals surface area (Å²) in [6, 6.07) is 15.2. The lowest BCUT2D eigenvalue weighted by atomic mass is 10.1. The fourth-order valence-corrected chi connectivity index (χ4v) is 3.08. The number of morpholine rings is 1. The van der Waals surface area contributed by atoms with E-state index in [-0.39, 0.29) is 6.10 Å². The lowest BCUT2D eigenvalue weighted by Gasteiger charge is -2.35. The number of hydrogen-bond donors (Lipinski definition) is 0. The van der Waals surface area contributed by atoms with E-state index in [1.165, 1.54) is 0 Å². The molecule has 0 saturated carbocycles. The molecule has 0 amide bonds. The summed E-state index contributed by atoms with van der Waals surface area (Å²) in [6.07, 6.45) is -0.0613. The zero-order valence-corrected chi connectivity index (χ0v) is 13.3. The summed E-state index contributed by atoms with van der Waals surface area (Å²) in [6.45, 7) is 1.95. The lowest BCUT2D eigenvalue weighted by Crippen LogP contribution is -2.39. The fourth-order valence-electron chi connectivity index (χ4n) is 2.66. The molecule has 3 nitrogen and oxygen atoms in total. The number of rotatable bonds is 2. The zero-order valence-electron chi connectivity index (χ0n) is 11.8. The summed E-state index contributed by atoms with van der Waals surface area (Å²) in [4.78, 5) is 2.11. The molecule has 1 fully saturated rings. The van der Waals surface area contributed by atoms with Crippen molar-refractivity contribution in [3.8, 4) is 6.07 Å². The third-order valence-electron chi connectivity index (χ3n) is 3.73. The smallest absolute Gasteiger partial charge is 0.101 e. The highest BCUT2D eigenvalue weighted by atomic mass is 35.5. The Morgan fingerprint density at radius 1 is 1.14 bits per heavy atom. The van der Waals surface area contributed by atoms with Crippen LogP contribution in [0.5, 0.6) is 0 Å². The third-order valence-corrected chi connectivity index (χ3v) is 4.29. The molecule has 1 aliphatic rings. The zero-order chi connectivity index (χ0) is 15.5. The molecule has 5 heteroatoms. The number of hydrogen-bond acceptors (Lipinski definition) is 3. The van der Waals surface area contributed by atoms with Gasteiger partial charge in [-0.15, -0.1) is 0 Å². The fraction of sp³-hybridized carbons (Fsp3) is 0.235. The molecule has 1 heterocycles. The average molecular weight is 333 g/mol. The molecule has 1 atom stereocenters. The van der Waals surface area contributed by atoms with Crippen LogP contribution in [0.3, 0.4) is 0 Å². The predicted molar refractivity (Wildman–Crippen MR) is 88.5 cm³/mol. The van der Waals surface area contributed by atoms with Crippen LogP contribution in [0.25, 0.3) is 0 Å². The van der Waals surface area contributed by atoms with Gasteiger partial charge >= 0.3 is 0 Å². The Kier molecular flexibility index (Phi) is 4.54. The van der Waals surface area contributed by atoms with E-state index < -0.39 is 0 Å². The van der Waals surface area contributed by atoms with E-state index >= 15 is 0 Å². The largest absolute Gasteiger partial charge is 0.370 e. The maximum atomic E-state index is 9.31. The molecule has 2 aromatic rings. The van der Waals surface area contributed by atoms with E-state index in [9.17, 15) is 5.26 Å². The Bertz CT molecular complexity index is 710. The molecule has 0 aromatic heterocycles. The topological polar surface area (TPSA) is 36.3 Å². The second-order valence-corrected chi connectivity index (χ2v) is 5.95. The van der Waals surface area contributed by atoms with E-state index in [0.29, 0.717) is 35.3 Å². The van der Waals surface area contributed by atoms with Gasteiger partial charge in [0.25, 0.3) is 0 Å². The third kappa shape index (κ3) is 3.05. The molecule has 1 aliphatic heterocycles. The van der Waals surface area contributed by atoms with Crippen molar-refractivity contribution in [2.75, 3.05) is 24.6 Å². The van der Waals surface area contributed by atoms with Crippen LogP contribution in [0.4, 0.5) is 5.69 Å². The van der Waals surface area contributed by atoms with Crippen LogP contribution in [0.1, 0.15) is 17.2 Å². The number of nitrogens with zero attached hydrogens (tertiary/aromatic N) is 2. The Morgan fingerprint density at radius 2 is 1.91 bits per heavy atom. The monoisotopic (exact) mass is 332 g/mol. The molecular weight excluding hydrogens is 319 g/mol. The van der Waals surface area contributed by atoms with Crippen molar-refractivity contribution in [2.45, 2.75) is 6.10 Å². The molecule has 3 rings (SSSR count). The SMILES string of the molecule is N#Cc1cccc(Cl)c1N1CCOC(c2ccc(Cl)cc2)C1. The van der Waals surface area contributed by atoms with Gasteiger partial charge < -0.3 is 9.64 Å². The molecule has 0 aliphatic carbocycles. The second-order valence-electron chi connectivity index (χ2n) is 5.10. The first-order valence-corrected chi connectivity index (χ1v) is 7.75. The summed E-state index contributed by atoms with van der Waals surface area (Å²) >= 11 is 12.2. The van der Waals surface area contributed by atoms with E-state index in [1.807, 2.05) is 30.3 Å². The van der Waals surface area contributed by atoms with Gasteiger partial charge in [0.05, 0.1) is 22.9 Å². The summed E-state index contributed by atoms with van der Waals surface area (Å²) in [5.41, 5.74) is 2.44. The number of ether oxygens (including phenoxy) is 1. The highest BCUT2D eigenvalue weighted by molar-refractivity contribution is 6.33. The molecule has 1 saturated heterocycles. The van der Waals surface area contributed by atoms with Crippen LogP contribution in [-0.2, 0) is 4.74 Å². The average Bonchev–Trinajstić information content (AvgIpc) is 2.55. The van der Waals surface area contributed by atoms with Crippen LogP contribution < -0.4 is 4.90 Å². The van der Waals surface area contributed by atoms with Crippen LogP contribution >= 0.6 is 23.2 Å². The first kappa shape index (κ1) is 15.2. The number of benzene rings is 2. The summed E-state index contributed by atoms with van der Waals surface area (Å²) in [7, 11) is 0. The van der Waals surface area contributed by atoms with Crippen molar-refractivity contribution < 1.29 is 4.74 Å². The Morgan fingerprint density at radius 3 is 2.64 bits per heavy atom. The second kappa shape index (κ2) is 6.58. The van der Waals surface area contributed by atoms with Gasteiger partial charge in [0.2, 0.25) is 0 Å². The Balaban J connectivity index is 1.88. The number of para-hydroxylation sites is 1. The van der Waals surface area contributed by atoms with Crippen LogP contribution in [0.15, 0.2) is 42.5 Å². The maximum absolute atomic E-state index is 9.31. The minimum absolute atomic E-state index is 0.0613. The van der Waals surface area contributed by atoms with Gasteiger partial charge in [0, 0.05) is 18.1 Å². The molecule has 0 N–H and O–H groups in total. The molecule has 0 spiro atoms. The molecule has 112 valence electrons. The van der Waals surface area contributed by atoms with Crippen LogP contribution in [-0.4, -0.2) is 19.7 Å². The normalized spacial score (nSPS) is 18.0. The summed E-state index contributed by atoms with van der Waals surface area (Å²) in [5.74, 6) is 0. The minimum Gasteiger partial charge on any atom is -0.370 e. The van der Waals surface area contributed by atoms with Crippen LogP contribution in [0, 0.1) is 11.3 Å². The molecular formula is C17H14Cl2N2O. The quantitative estimate of drug-likeness (QED) is 0.815. The van der Waals surface area contributed by atoms with Gasteiger partial charge in [-0.25, -0.2) is 0 Å². The standard InChI is InChI=1S/C17H14Cl2N2O/c18-14-6-4-12(5-7-14)16-11-21(8-9-22-16)17-13(10-20)2-1-3-15(17)19/h1-7,16H,8-9,11H2. The molecule has 0 bridgehead atoms. The van der Waals surface area contributed by atoms with Gasteiger partial charge in [-0.1, -0.05) is 41.4 Å². The van der Waals surface area contributed by atoms with E-state index in [1.54, 1.807) is 12.1 Å². The molecule has 1 unspecified atom stereocenters. The van der Waals surface area contributed by atoms with Crippen molar-refractivity contribution >= 4 is 28.9 Å². The first-order valence-electron chi connectivity index (χ1n) is 6.99. The van der Waals surface area contributed by atoms with Crippen molar-refractivity contribution in [3.63, 3.8) is 0 Å². The van der Waals surface area contributed by atoms with E-state index in [4.69, 9.17) is 27.9 Å². The summed E-state index contributed by atoms with van der Waals surface area (Å²) in [5, 5.41) is 10.6. The van der Waals surface area contributed by atoms with Gasteiger partial charge in [0.15, 0.2) is 0 Å². The first-order chi connectivity index (χ1) is 10.7. The van der Waals surface area contributed by atoms with Crippen molar-refractivity contribution in [1.82, 2.24) is 0 Å². The summed E-state index contributed by atoms with van der Waals surface area (Å²) < 4.78 is 5.86. The highest BCUT2D eigenvalue weighted by Gasteiger charge is 2.25. The lowest BCUT2D eigenvalue weighted by molar-refractivity contribution is 0.0398. The van der Waals surface area contributed by atoms with Gasteiger partial charge in [-0.05, 0) is 29.8 Å². The molecule has 2 aromatic carbocycles. The van der Waals surface area contributed by atoms with Crippen molar-refractivity contribution in [2.24, 2.45) is 0 Å². The number of halogens is 2. The van der Waals surface area contributed by atoms with Crippen molar-refractivity contribution in [3.05, 3.63) is 63.6 Å². The van der Waals surface area contributed by atoms with Crippen molar-refractivity contribution in [1.29, 1.82) is 5.26 Å². The van der Waals surface area contributed by atoms with Gasteiger partial charge in [-0.2, -0.15) is 5.26 Å². The van der Waals surface area contributed by atoms with E-state index in [0.717, 1.165) is 11.3 Å². The molecule has 0 radical (unpaired) electrons. The molecule has 22 heavy (non-hydrogen) atoms. The van der Waals surface area contributed by atoms with Gasteiger partial charge in [-0.3, -0.25) is 0 Å². The Labute approximate surface area is 139 Å². The minimum atomic E-state index is -0.0613. The van der Waals surface area contributed by atoms with Crippen LogP contribution in [0.2, 0.25) is 10.0 Å². The number of nitriles is 1.